The van der Waals surface area contributed by atoms with E-state index >= 15 is 0 Å². The average molecular weight is 228 g/mol. The van der Waals surface area contributed by atoms with Crippen molar-refractivity contribution in [2.24, 2.45) is 0 Å². The smallest absolute Gasteiger partial charge is 0.223 e. The third-order valence-electron chi connectivity index (χ3n) is 2.69. The highest BCUT2D eigenvalue weighted by Gasteiger charge is 2.03. The monoisotopic (exact) mass is 228 g/mol. The molecule has 1 aromatic heterocycles. The normalized spacial score (nSPS) is 10.5. The van der Waals surface area contributed by atoms with Crippen LogP contribution in [0.15, 0.2) is 24.3 Å². The van der Waals surface area contributed by atoms with Crippen molar-refractivity contribution in [1.29, 1.82) is 0 Å². The fraction of sp³-hybridized carbons (Fsp3) is 0.308. The number of nitrogens with zero attached hydrogens (tertiary/aromatic N) is 3. The molecule has 0 saturated heterocycles. The zero-order valence-electron chi connectivity index (χ0n) is 10.1. The van der Waals surface area contributed by atoms with Crippen molar-refractivity contribution in [2.75, 3.05) is 5.73 Å². The first kappa shape index (κ1) is 11.5. The van der Waals surface area contributed by atoms with Gasteiger partial charge in [0, 0.05) is 6.42 Å². The van der Waals surface area contributed by atoms with Crippen LogP contribution in [-0.4, -0.2) is 15.0 Å². The molecule has 0 spiro atoms. The minimum atomic E-state index is 0.303. The van der Waals surface area contributed by atoms with Crippen LogP contribution in [0.1, 0.15) is 22.8 Å². The molecule has 0 bridgehead atoms. The summed E-state index contributed by atoms with van der Waals surface area (Å²) in [5, 5.41) is 0. The molecule has 0 radical (unpaired) electrons. The molecule has 88 valence electrons. The highest BCUT2D eigenvalue weighted by Crippen LogP contribution is 2.10. The van der Waals surface area contributed by atoms with Gasteiger partial charge in [-0.3, -0.25) is 0 Å². The summed E-state index contributed by atoms with van der Waals surface area (Å²) in [5.74, 6) is 1.74. The molecule has 0 fully saturated rings. The van der Waals surface area contributed by atoms with Crippen molar-refractivity contribution < 1.29 is 0 Å². The number of aromatic nitrogens is 3. The van der Waals surface area contributed by atoms with Crippen LogP contribution in [0.3, 0.4) is 0 Å². The molecule has 4 nitrogen and oxygen atoms in total. The van der Waals surface area contributed by atoms with Crippen LogP contribution in [0.5, 0.6) is 0 Å². The molecule has 0 aliphatic carbocycles. The molecule has 1 heterocycles. The Labute approximate surface area is 101 Å². The molecule has 4 heteroatoms. The predicted molar refractivity (Wildman–Crippen MR) is 67.6 cm³/mol. The van der Waals surface area contributed by atoms with E-state index in [1.54, 1.807) is 0 Å². The van der Waals surface area contributed by atoms with Gasteiger partial charge in [0.2, 0.25) is 5.95 Å². The minimum absolute atomic E-state index is 0.303. The predicted octanol–water partition coefficient (Wildman–Crippen LogP) is 1.86. The van der Waals surface area contributed by atoms with E-state index in [4.69, 9.17) is 5.73 Å². The van der Waals surface area contributed by atoms with Gasteiger partial charge >= 0.3 is 0 Å². The Bertz CT molecular complexity index is 502. The number of aryl methyl sites for hydroxylation is 4. The second-order valence-electron chi connectivity index (χ2n) is 4.08. The highest BCUT2D eigenvalue weighted by molar-refractivity contribution is 5.26. The van der Waals surface area contributed by atoms with E-state index in [-0.39, 0.29) is 0 Å². The molecule has 0 amide bonds. The zero-order valence-corrected chi connectivity index (χ0v) is 10.1. The van der Waals surface area contributed by atoms with Gasteiger partial charge in [0.15, 0.2) is 0 Å². The molecule has 0 saturated carbocycles. The highest BCUT2D eigenvalue weighted by atomic mass is 15.1. The van der Waals surface area contributed by atoms with Crippen LogP contribution in [0, 0.1) is 13.8 Å². The second kappa shape index (κ2) is 4.91. The largest absolute Gasteiger partial charge is 0.368 e. The number of hydrogen-bond acceptors (Lipinski definition) is 4. The summed E-state index contributed by atoms with van der Waals surface area (Å²) in [4.78, 5) is 12.4. The Hall–Kier alpha value is -1.97. The Kier molecular flexibility index (Phi) is 3.32. The van der Waals surface area contributed by atoms with Gasteiger partial charge in [-0.1, -0.05) is 24.3 Å². The minimum Gasteiger partial charge on any atom is -0.368 e. The van der Waals surface area contributed by atoms with Crippen LogP contribution in [0.4, 0.5) is 5.95 Å². The fourth-order valence-corrected chi connectivity index (χ4v) is 1.81. The Morgan fingerprint density at radius 3 is 2.47 bits per heavy atom. The van der Waals surface area contributed by atoms with E-state index in [0.717, 1.165) is 18.7 Å². The van der Waals surface area contributed by atoms with Gasteiger partial charge in [-0.25, -0.2) is 4.98 Å². The maximum absolute atomic E-state index is 5.60. The van der Waals surface area contributed by atoms with Crippen LogP contribution < -0.4 is 5.73 Å². The van der Waals surface area contributed by atoms with Crippen molar-refractivity contribution in [3.05, 3.63) is 47.0 Å². The van der Waals surface area contributed by atoms with Gasteiger partial charge < -0.3 is 5.73 Å². The summed E-state index contributed by atoms with van der Waals surface area (Å²) in [7, 11) is 0. The van der Waals surface area contributed by atoms with Gasteiger partial charge in [-0.05, 0) is 31.4 Å². The van der Waals surface area contributed by atoms with E-state index in [1.165, 1.54) is 11.1 Å². The summed E-state index contributed by atoms with van der Waals surface area (Å²) in [5.41, 5.74) is 8.22. The number of nitrogen functional groups attached to an aromatic ring is 1. The van der Waals surface area contributed by atoms with Gasteiger partial charge in [0.25, 0.3) is 0 Å². The molecule has 2 rings (SSSR count). The standard InChI is InChI=1S/C13H16N4/c1-9-5-3-4-6-11(9)7-8-12-15-10(2)16-13(14)17-12/h3-6H,7-8H2,1-2H3,(H2,14,15,16,17). The molecule has 17 heavy (non-hydrogen) atoms. The van der Waals surface area contributed by atoms with E-state index in [9.17, 15) is 0 Å². The zero-order chi connectivity index (χ0) is 12.3. The molecular formula is C13H16N4. The van der Waals surface area contributed by atoms with E-state index in [0.29, 0.717) is 11.8 Å². The van der Waals surface area contributed by atoms with Crippen LogP contribution in [-0.2, 0) is 12.8 Å². The third kappa shape index (κ3) is 3.00. The summed E-state index contributed by atoms with van der Waals surface area (Å²) >= 11 is 0. The number of anilines is 1. The molecule has 2 N–H and O–H groups in total. The van der Waals surface area contributed by atoms with Crippen molar-refractivity contribution in [2.45, 2.75) is 26.7 Å². The molecule has 0 aliphatic rings. The van der Waals surface area contributed by atoms with Crippen molar-refractivity contribution in [1.82, 2.24) is 15.0 Å². The average Bonchev–Trinajstić information content (AvgIpc) is 2.27. The summed E-state index contributed by atoms with van der Waals surface area (Å²) in [6.07, 6.45) is 1.72. The van der Waals surface area contributed by atoms with Gasteiger partial charge in [-0.2, -0.15) is 9.97 Å². The van der Waals surface area contributed by atoms with Gasteiger partial charge in [-0.15, -0.1) is 0 Å². The van der Waals surface area contributed by atoms with E-state index in [2.05, 4.69) is 40.1 Å². The number of rotatable bonds is 3. The fourth-order valence-electron chi connectivity index (χ4n) is 1.81. The number of hydrogen-bond donors (Lipinski definition) is 1. The van der Waals surface area contributed by atoms with Crippen LogP contribution in [0.2, 0.25) is 0 Å². The lowest BCUT2D eigenvalue weighted by Crippen LogP contribution is -2.06. The molecular weight excluding hydrogens is 212 g/mol. The first-order valence-corrected chi connectivity index (χ1v) is 5.66. The Morgan fingerprint density at radius 1 is 1.00 bits per heavy atom. The lowest BCUT2D eigenvalue weighted by atomic mass is 10.0. The van der Waals surface area contributed by atoms with Gasteiger partial charge in [0.05, 0.1) is 0 Å². The maximum Gasteiger partial charge on any atom is 0.223 e. The topological polar surface area (TPSA) is 64.7 Å². The molecule has 2 aromatic rings. The lowest BCUT2D eigenvalue weighted by Gasteiger charge is -2.05. The van der Waals surface area contributed by atoms with Crippen molar-refractivity contribution in [3.8, 4) is 0 Å². The lowest BCUT2D eigenvalue weighted by molar-refractivity contribution is 0.819. The van der Waals surface area contributed by atoms with Crippen molar-refractivity contribution >= 4 is 5.95 Å². The van der Waals surface area contributed by atoms with Gasteiger partial charge in [0.1, 0.15) is 11.6 Å². The summed E-state index contributed by atoms with van der Waals surface area (Å²) in [6, 6.07) is 8.34. The third-order valence-corrected chi connectivity index (χ3v) is 2.69. The van der Waals surface area contributed by atoms with Crippen LogP contribution in [0.25, 0.3) is 0 Å². The summed E-state index contributed by atoms with van der Waals surface area (Å²) in [6.45, 7) is 3.94. The summed E-state index contributed by atoms with van der Waals surface area (Å²) < 4.78 is 0. The molecule has 0 aliphatic heterocycles. The first-order valence-electron chi connectivity index (χ1n) is 5.66. The van der Waals surface area contributed by atoms with E-state index in [1.807, 2.05) is 13.0 Å². The number of benzene rings is 1. The Morgan fingerprint density at radius 2 is 1.76 bits per heavy atom. The first-order chi connectivity index (χ1) is 8.15. The molecule has 0 atom stereocenters. The van der Waals surface area contributed by atoms with Crippen molar-refractivity contribution in [3.63, 3.8) is 0 Å². The Balaban J connectivity index is 2.10. The van der Waals surface area contributed by atoms with Crippen LogP contribution >= 0.6 is 0 Å². The maximum atomic E-state index is 5.60. The second-order valence-corrected chi connectivity index (χ2v) is 4.08. The quantitative estimate of drug-likeness (QED) is 0.870. The molecule has 1 aromatic carbocycles. The molecule has 0 unspecified atom stereocenters. The number of nitrogens with two attached hydrogens (primary N) is 1. The van der Waals surface area contributed by atoms with E-state index < -0.39 is 0 Å². The SMILES string of the molecule is Cc1nc(N)nc(CCc2ccccc2C)n1.